The summed E-state index contributed by atoms with van der Waals surface area (Å²) >= 11 is 0. The van der Waals surface area contributed by atoms with E-state index < -0.39 is 27.4 Å². The summed E-state index contributed by atoms with van der Waals surface area (Å²) < 4.78 is 53.8. The van der Waals surface area contributed by atoms with Crippen molar-refractivity contribution in [3.63, 3.8) is 0 Å². The van der Waals surface area contributed by atoms with Crippen molar-refractivity contribution in [2.75, 3.05) is 28.0 Å². The Hall–Kier alpha value is -3.27. The lowest BCUT2D eigenvalue weighted by Gasteiger charge is -2.17. The fourth-order valence-corrected chi connectivity index (χ4v) is 4.77. The summed E-state index contributed by atoms with van der Waals surface area (Å²) in [6, 6.07) is 11.2. The van der Waals surface area contributed by atoms with Crippen molar-refractivity contribution in [2.24, 2.45) is 0 Å². The van der Waals surface area contributed by atoms with Gasteiger partial charge in [-0.25, -0.2) is 22.2 Å². The molecule has 2 aromatic carbocycles. The largest absolute Gasteiger partial charge is 0.356 e. The summed E-state index contributed by atoms with van der Waals surface area (Å²) in [6.45, 7) is 3.87. The highest BCUT2D eigenvalue weighted by atomic mass is 32.2. The Bertz CT molecular complexity index is 1190. The SMILES string of the molecule is Cc1cc(N2CCCC2)nc(Nc2ccc(NS(=O)(=O)Cc3cc(F)cc(F)c3)cc2)n1. The van der Waals surface area contributed by atoms with Gasteiger partial charge in [-0.1, -0.05) is 0 Å². The molecule has 0 atom stereocenters. The van der Waals surface area contributed by atoms with E-state index in [1.807, 2.05) is 13.0 Å². The van der Waals surface area contributed by atoms with E-state index in [1.54, 1.807) is 24.3 Å². The van der Waals surface area contributed by atoms with Crippen molar-refractivity contribution in [1.82, 2.24) is 9.97 Å². The lowest BCUT2D eigenvalue weighted by Crippen LogP contribution is -2.19. The van der Waals surface area contributed by atoms with Gasteiger partial charge in [0.15, 0.2) is 0 Å². The molecule has 7 nitrogen and oxygen atoms in total. The third-order valence-corrected chi connectivity index (χ3v) is 6.22. The summed E-state index contributed by atoms with van der Waals surface area (Å²) in [7, 11) is -3.85. The molecule has 0 radical (unpaired) electrons. The Morgan fingerprint density at radius 3 is 2.22 bits per heavy atom. The second-order valence-corrected chi connectivity index (χ2v) is 9.45. The number of nitrogens with zero attached hydrogens (tertiary/aromatic N) is 3. The number of aromatic nitrogens is 2. The zero-order valence-electron chi connectivity index (χ0n) is 17.5. The fraction of sp³-hybridized carbons (Fsp3) is 0.273. The smallest absolute Gasteiger partial charge is 0.236 e. The summed E-state index contributed by atoms with van der Waals surface area (Å²) in [4.78, 5) is 11.2. The molecule has 1 fully saturated rings. The van der Waals surface area contributed by atoms with Crippen LogP contribution in [0, 0.1) is 18.6 Å². The average Bonchev–Trinajstić information content (AvgIpc) is 3.22. The van der Waals surface area contributed by atoms with Gasteiger partial charge >= 0.3 is 0 Å². The molecular formula is C22H23F2N5O2S. The molecule has 1 aromatic heterocycles. The highest BCUT2D eigenvalue weighted by Crippen LogP contribution is 2.23. The van der Waals surface area contributed by atoms with Crippen LogP contribution in [0.2, 0.25) is 0 Å². The standard InChI is InChI=1S/C22H23F2N5O2S/c1-15-10-21(29-8-2-3-9-29)27-22(25-15)26-19-4-6-20(7-5-19)28-32(30,31)14-16-11-17(23)13-18(24)12-16/h4-7,10-13,28H,2-3,8-9,14H2,1H3,(H,25,26,27). The molecule has 10 heteroatoms. The number of hydrogen-bond acceptors (Lipinski definition) is 6. The van der Waals surface area contributed by atoms with Crippen LogP contribution in [-0.2, 0) is 15.8 Å². The molecule has 0 aliphatic carbocycles. The molecule has 2 N–H and O–H groups in total. The number of sulfonamides is 1. The predicted molar refractivity (Wildman–Crippen MR) is 121 cm³/mol. The summed E-state index contributed by atoms with van der Waals surface area (Å²) in [6.07, 6.45) is 2.30. The molecule has 1 aliphatic heterocycles. The van der Waals surface area contributed by atoms with E-state index >= 15 is 0 Å². The normalized spacial score (nSPS) is 13.9. The van der Waals surface area contributed by atoms with E-state index in [0.717, 1.165) is 49.6 Å². The molecule has 0 spiro atoms. The van der Waals surface area contributed by atoms with E-state index in [-0.39, 0.29) is 5.56 Å². The summed E-state index contributed by atoms with van der Waals surface area (Å²) in [5.74, 6) is -0.837. The monoisotopic (exact) mass is 459 g/mol. The summed E-state index contributed by atoms with van der Waals surface area (Å²) in [5, 5.41) is 3.14. The fourth-order valence-electron chi connectivity index (χ4n) is 3.60. The maximum atomic E-state index is 13.3. The van der Waals surface area contributed by atoms with Crippen LogP contribution in [-0.4, -0.2) is 31.5 Å². The van der Waals surface area contributed by atoms with Gasteiger partial charge in [0.1, 0.15) is 17.5 Å². The molecule has 0 bridgehead atoms. The number of anilines is 4. The minimum atomic E-state index is -3.85. The maximum absolute atomic E-state index is 13.3. The van der Waals surface area contributed by atoms with Crippen LogP contribution in [0.1, 0.15) is 24.1 Å². The molecule has 32 heavy (non-hydrogen) atoms. The van der Waals surface area contributed by atoms with E-state index in [2.05, 4.69) is 24.9 Å². The molecule has 168 valence electrons. The molecular weight excluding hydrogens is 436 g/mol. The number of aryl methyl sites for hydroxylation is 1. The van der Waals surface area contributed by atoms with Crippen molar-refractivity contribution in [1.29, 1.82) is 0 Å². The quantitative estimate of drug-likeness (QED) is 0.546. The number of halogens is 2. The van der Waals surface area contributed by atoms with Crippen molar-refractivity contribution < 1.29 is 17.2 Å². The van der Waals surface area contributed by atoms with Gasteiger partial charge in [0.25, 0.3) is 0 Å². The highest BCUT2D eigenvalue weighted by molar-refractivity contribution is 7.91. The molecule has 2 heterocycles. The van der Waals surface area contributed by atoms with Crippen LogP contribution in [0.5, 0.6) is 0 Å². The topological polar surface area (TPSA) is 87.2 Å². The molecule has 4 rings (SSSR count). The Morgan fingerprint density at radius 2 is 1.56 bits per heavy atom. The summed E-state index contributed by atoms with van der Waals surface area (Å²) in [5.41, 5.74) is 1.90. The van der Waals surface area contributed by atoms with Gasteiger partial charge in [-0.2, -0.15) is 4.98 Å². The van der Waals surface area contributed by atoms with Crippen molar-refractivity contribution >= 4 is 33.2 Å². The number of nitrogens with one attached hydrogen (secondary N) is 2. The maximum Gasteiger partial charge on any atom is 0.236 e. The van der Waals surface area contributed by atoms with Gasteiger partial charge in [-0.15, -0.1) is 0 Å². The van der Waals surface area contributed by atoms with Crippen LogP contribution in [0.4, 0.5) is 31.9 Å². The Balaban J connectivity index is 1.43. The van der Waals surface area contributed by atoms with Crippen LogP contribution in [0.25, 0.3) is 0 Å². The zero-order valence-corrected chi connectivity index (χ0v) is 18.3. The van der Waals surface area contributed by atoms with Crippen LogP contribution in [0.3, 0.4) is 0 Å². The first kappa shape index (κ1) is 21.9. The average molecular weight is 460 g/mol. The predicted octanol–water partition coefficient (Wildman–Crippen LogP) is 4.35. The van der Waals surface area contributed by atoms with Gasteiger partial charge in [-0.05, 0) is 61.7 Å². The highest BCUT2D eigenvalue weighted by Gasteiger charge is 2.16. The van der Waals surface area contributed by atoms with Gasteiger partial charge < -0.3 is 10.2 Å². The van der Waals surface area contributed by atoms with Crippen molar-refractivity contribution in [3.8, 4) is 0 Å². The second-order valence-electron chi connectivity index (χ2n) is 7.73. The van der Waals surface area contributed by atoms with E-state index in [1.165, 1.54) is 0 Å². The van der Waals surface area contributed by atoms with Gasteiger partial charge in [0.2, 0.25) is 16.0 Å². The Kier molecular flexibility index (Phi) is 6.22. The lowest BCUT2D eigenvalue weighted by atomic mass is 10.2. The third kappa shape index (κ3) is 5.70. The van der Waals surface area contributed by atoms with Crippen LogP contribution < -0.4 is 14.9 Å². The minimum absolute atomic E-state index is 0.0266. The third-order valence-electron chi connectivity index (χ3n) is 4.96. The van der Waals surface area contributed by atoms with Gasteiger partial charge in [-0.3, -0.25) is 4.72 Å². The minimum Gasteiger partial charge on any atom is -0.356 e. The Morgan fingerprint density at radius 1 is 0.938 bits per heavy atom. The first-order chi connectivity index (χ1) is 15.3. The number of benzene rings is 2. The van der Waals surface area contributed by atoms with E-state index in [0.29, 0.717) is 23.4 Å². The number of rotatable bonds is 7. The van der Waals surface area contributed by atoms with Crippen LogP contribution in [0.15, 0.2) is 48.5 Å². The second kappa shape index (κ2) is 9.07. The number of hydrogen-bond donors (Lipinski definition) is 2. The molecule has 1 saturated heterocycles. The van der Waals surface area contributed by atoms with E-state index in [4.69, 9.17) is 0 Å². The molecule has 0 unspecified atom stereocenters. The van der Waals surface area contributed by atoms with Gasteiger partial charge in [0, 0.05) is 42.3 Å². The molecule has 0 saturated carbocycles. The molecule has 3 aromatic rings. The first-order valence-corrected chi connectivity index (χ1v) is 11.8. The van der Waals surface area contributed by atoms with E-state index in [9.17, 15) is 17.2 Å². The van der Waals surface area contributed by atoms with Crippen molar-refractivity contribution in [2.45, 2.75) is 25.5 Å². The van der Waals surface area contributed by atoms with Crippen LogP contribution >= 0.6 is 0 Å². The lowest BCUT2D eigenvalue weighted by molar-refractivity contribution is 0.579. The first-order valence-electron chi connectivity index (χ1n) is 10.2. The molecule has 0 amide bonds. The van der Waals surface area contributed by atoms with Gasteiger partial charge in [0.05, 0.1) is 5.75 Å². The Labute approximate surface area is 185 Å². The molecule has 1 aliphatic rings. The zero-order chi connectivity index (χ0) is 22.7. The van der Waals surface area contributed by atoms with Crippen molar-refractivity contribution in [3.05, 3.63) is 71.4 Å².